The first-order chi connectivity index (χ1) is 13.7. The van der Waals surface area contributed by atoms with Crippen LogP contribution in [0.1, 0.15) is 31.7 Å². The summed E-state index contributed by atoms with van der Waals surface area (Å²) < 4.78 is 5.66. The Balaban J connectivity index is 1.37. The Labute approximate surface area is 168 Å². The van der Waals surface area contributed by atoms with Gasteiger partial charge in [-0.1, -0.05) is 30.3 Å². The second kappa shape index (κ2) is 11.1. The van der Waals surface area contributed by atoms with Gasteiger partial charge in [-0.2, -0.15) is 0 Å². The van der Waals surface area contributed by atoms with Gasteiger partial charge in [0.1, 0.15) is 0 Å². The van der Waals surface area contributed by atoms with E-state index in [0.29, 0.717) is 25.5 Å². The van der Waals surface area contributed by atoms with E-state index >= 15 is 0 Å². The van der Waals surface area contributed by atoms with Crippen molar-refractivity contribution in [1.29, 1.82) is 0 Å². The quantitative estimate of drug-likeness (QED) is 0.347. The predicted octanol–water partition coefficient (Wildman–Crippen LogP) is 2.06. The van der Waals surface area contributed by atoms with Gasteiger partial charge in [-0.25, -0.2) is 0 Å². The molecule has 0 spiro atoms. The highest BCUT2D eigenvalue weighted by atomic mass is 16.5. The van der Waals surface area contributed by atoms with Gasteiger partial charge in [0, 0.05) is 51.7 Å². The minimum absolute atomic E-state index is 0.252. The van der Waals surface area contributed by atoms with Crippen molar-refractivity contribution in [3.63, 3.8) is 0 Å². The van der Waals surface area contributed by atoms with Crippen LogP contribution in [0.15, 0.2) is 35.3 Å². The maximum Gasteiger partial charge on any atom is 0.223 e. The molecule has 1 aliphatic carbocycles. The zero-order chi connectivity index (χ0) is 19.6. The zero-order valence-corrected chi connectivity index (χ0v) is 17.0. The maximum atomic E-state index is 12.3. The lowest BCUT2D eigenvalue weighted by Gasteiger charge is -2.16. The summed E-state index contributed by atoms with van der Waals surface area (Å²) in [6, 6.07) is 10.3. The van der Waals surface area contributed by atoms with Crippen molar-refractivity contribution >= 4 is 11.9 Å². The van der Waals surface area contributed by atoms with Gasteiger partial charge in [0.25, 0.3) is 0 Å². The van der Waals surface area contributed by atoms with Crippen LogP contribution in [0.2, 0.25) is 0 Å². The van der Waals surface area contributed by atoms with Gasteiger partial charge in [0.05, 0.1) is 6.61 Å². The van der Waals surface area contributed by atoms with Crippen molar-refractivity contribution in [2.45, 2.75) is 32.6 Å². The average molecular weight is 387 g/mol. The molecule has 1 amide bonds. The third kappa shape index (κ3) is 7.15. The summed E-state index contributed by atoms with van der Waals surface area (Å²) in [5.74, 6) is 2.16. The number of likely N-dealkylation sites (tertiary alicyclic amines) is 1. The second-order valence-corrected chi connectivity index (χ2v) is 7.81. The fraction of sp³-hybridized carbons (Fsp3) is 0.636. The summed E-state index contributed by atoms with van der Waals surface area (Å²) in [6.07, 6.45) is 4.15. The number of ether oxygens (including phenoxy) is 1. The minimum Gasteiger partial charge on any atom is -0.379 e. The van der Waals surface area contributed by atoms with Crippen LogP contribution in [0.4, 0.5) is 0 Å². The number of nitrogens with zero attached hydrogens (tertiary/aromatic N) is 2. The van der Waals surface area contributed by atoms with Crippen LogP contribution in [-0.4, -0.2) is 62.7 Å². The molecule has 3 rings (SSSR count). The van der Waals surface area contributed by atoms with Crippen LogP contribution in [0, 0.1) is 11.8 Å². The van der Waals surface area contributed by atoms with Crippen LogP contribution >= 0.6 is 0 Å². The second-order valence-electron chi connectivity index (χ2n) is 7.81. The highest BCUT2D eigenvalue weighted by molar-refractivity contribution is 5.80. The molecule has 1 unspecified atom stereocenters. The van der Waals surface area contributed by atoms with E-state index in [1.54, 1.807) is 0 Å². The number of carbonyl (C=O) groups excluding carboxylic acids is 1. The number of hydrogen-bond acceptors (Lipinski definition) is 3. The molecule has 1 aromatic rings. The molecule has 0 radical (unpaired) electrons. The van der Waals surface area contributed by atoms with Crippen molar-refractivity contribution in [3.8, 4) is 0 Å². The van der Waals surface area contributed by atoms with Crippen molar-refractivity contribution in [3.05, 3.63) is 35.9 Å². The molecule has 2 N–H and O–H groups in total. The molecule has 0 aromatic heterocycles. The van der Waals surface area contributed by atoms with Crippen LogP contribution in [-0.2, 0) is 16.0 Å². The molecule has 1 saturated carbocycles. The van der Waals surface area contributed by atoms with Gasteiger partial charge >= 0.3 is 0 Å². The van der Waals surface area contributed by atoms with Crippen LogP contribution < -0.4 is 10.6 Å². The van der Waals surface area contributed by atoms with E-state index in [2.05, 4.69) is 34.7 Å². The molecule has 0 bridgehead atoms. The lowest BCUT2D eigenvalue weighted by molar-refractivity contribution is -0.127. The lowest BCUT2D eigenvalue weighted by Crippen LogP contribution is -2.39. The fourth-order valence-corrected chi connectivity index (χ4v) is 3.44. The zero-order valence-electron chi connectivity index (χ0n) is 17.0. The Kier molecular flexibility index (Phi) is 8.15. The summed E-state index contributed by atoms with van der Waals surface area (Å²) in [4.78, 5) is 19.0. The van der Waals surface area contributed by atoms with E-state index in [-0.39, 0.29) is 5.91 Å². The van der Waals surface area contributed by atoms with Crippen LogP contribution in [0.3, 0.4) is 0 Å². The molecule has 1 aliphatic heterocycles. The number of nitrogens with one attached hydrogen (secondary N) is 2. The molecule has 1 heterocycles. The maximum absolute atomic E-state index is 12.3. The van der Waals surface area contributed by atoms with E-state index < -0.39 is 0 Å². The number of aliphatic imine (C=N–C) groups is 1. The number of amides is 1. The third-order valence-corrected chi connectivity index (χ3v) is 5.25. The van der Waals surface area contributed by atoms with Crippen molar-refractivity contribution < 1.29 is 9.53 Å². The molecule has 1 saturated heterocycles. The standard InChI is InChI=1S/C22H34N4O2/c1-2-23-22(24-11-13-28-17-19-8-9-19)25-15-20-14-21(27)26(16-20)12-10-18-6-4-3-5-7-18/h3-7,19-20H,2,8-17H2,1H3,(H2,23,24,25). The molecule has 6 heteroatoms. The molecule has 6 nitrogen and oxygen atoms in total. The Morgan fingerprint density at radius 1 is 1.21 bits per heavy atom. The first kappa shape index (κ1) is 20.6. The van der Waals surface area contributed by atoms with Crippen molar-refractivity contribution in [2.75, 3.05) is 45.9 Å². The van der Waals surface area contributed by atoms with Gasteiger partial charge < -0.3 is 20.3 Å². The molecule has 1 atom stereocenters. The number of hydrogen-bond donors (Lipinski definition) is 2. The number of carbonyl (C=O) groups is 1. The molecule has 2 aliphatic rings. The number of guanidine groups is 1. The lowest BCUT2D eigenvalue weighted by atomic mass is 10.1. The molecule has 28 heavy (non-hydrogen) atoms. The molecule has 2 fully saturated rings. The van der Waals surface area contributed by atoms with E-state index in [1.165, 1.54) is 18.4 Å². The number of benzene rings is 1. The minimum atomic E-state index is 0.252. The molecule has 1 aromatic carbocycles. The van der Waals surface area contributed by atoms with Crippen molar-refractivity contribution in [1.82, 2.24) is 15.5 Å². The Morgan fingerprint density at radius 2 is 2.04 bits per heavy atom. The first-order valence-electron chi connectivity index (χ1n) is 10.7. The topological polar surface area (TPSA) is 66.0 Å². The van der Waals surface area contributed by atoms with Gasteiger partial charge in [-0.05, 0) is 37.7 Å². The van der Waals surface area contributed by atoms with Gasteiger partial charge in [0.2, 0.25) is 5.91 Å². The monoisotopic (exact) mass is 386 g/mol. The van der Waals surface area contributed by atoms with Gasteiger partial charge in [0.15, 0.2) is 5.96 Å². The largest absolute Gasteiger partial charge is 0.379 e. The van der Waals surface area contributed by atoms with Crippen molar-refractivity contribution in [2.24, 2.45) is 16.8 Å². The van der Waals surface area contributed by atoms with Gasteiger partial charge in [-0.15, -0.1) is 0 Å². The molecular weight excluding hydrogens is 352 g/mol. The highest BCUT2D eigenvalue weighted by Gasteiger charge is 2.29. The predicted molar refractivity (Wildman–Crippen MR) is 112 cm³/mol. The molecular formula is C22H34N4O2. The summed E-state index contributed by atoms with van der Waals surface area (Å²) in [6.45, 7) is 7.50. The van der Waals surface area contributed by atoms with Crippen LogP contribution in [0.25, 0.3) is 0 Å². The van der Waals surface area contributed by atoms with E-state index in [1.807, 2.05) is 23.1 Å². The average Bonchev–Trinajstić information content (AvgIpc) is 3.46. The van der Waals surface area contributed by atoms with E-state index in [4.69, 9.17) is 4.74 Å². The van der Waals surface area contributed by atoms with Crippen LogP contribution in [0.5, 0.6) is 0 Å². The SMILES string of the molecule is CCNC(=NCC1CC(=O)N(CCc2ccccc2)C1)NCCOCC1CC1. The third-order valence-electron chi connectivity index (χ3n) is 5.25. The number of rotatable bonds is 11. The van der Waals surface area contributed by atoms with E-state index in [9.17, 15) is 4.79 Å². The Hall–Kier alpha value is -2.08. The fourth-order valence-electron chi connectivity index (χ4n) is 3.44. The summed E-state index contributed by atoms with van der Waals surface area (Å²) in [5.41, 5.74) is 1.28. The summed E-state index contributed by atoms with van der Waals surface area (Å²) >= 11 is 0. The summed E-state index contributed by atoms with van der Waals surface area (Å²) in [5, 5.41) is 6.60. The normalized spacial score (nSPS) is 19.9. The smallest absolute Gasteiger partial charge is 0.223 e. The molecule has 154 valence electrons. The van der Waals surface area contributed by atoms with Gasteiger partial charge in [-0.3, -0.25) is 9.79 Å². The first-order valence-corrected chi connectivity index (χ1v) is 10.7. The Morgan fingerprint density at radius 3 is 2.79 bits per heavy atom. The summed E-state index contributed by atoms with van der Waals surface area (Å²) in [7, 11) is 0. The van der Waals surface area contributed by atoms with E-state index in [0.717, 1.165) is 51.1 Å². The Bertz CT molecular complexity index is 631. The highest BCUT2D eigenvalue weighted by Crippen LogP contribution is 2.28.